The van der Waals surface area contributed by atoms with Crippen molar-refractivity contribution in [2.45, 2.75) is 40.7 Å². The van der Waals surface area contributed by atoms with Crippen LogP contribution in [0.3, 0.4) is 0 Å². The number of nitrogens with zero attached hydrogens (tertiary/aromatic N) is 3. The Bertz CT molecular complexity index is 1340. The summed E-state index contributed by atoms with van der Waals surface area (Å²) in [5.41, 5.74) is 5.45. The van der Waals surface area contributed by atoms with Crippen LogP contribution in [0.4, 0.5) is 11.5 Å². The Morgan fingerprint density at radius 3 is 2.08 bits per heavy atom. The number of pyridine rings is 1. The van der Waals surface area contributed by atoms with Gasteiger partial charge in [0.2, 0.25) is 0 Å². The maximum atomic E-state index is 14.6. The SMILES string of the molecule is CCOC(=O)C1=C(C)N(C)c2c(C)c(N(CC)CC)c(-c3ccccc3)c(=O)n2[C@@H]1c1ccccc1. The molecule has 36 heavy (non-hydrogen) atoms. The number of rotatable bonds is 7. The summed E-state index contributed by atoms with van der Waals surface area (Å²) in [4.78, 5) is 32.2. The zero-order valence-electron chi connectivity index (χ0n) is 22.0. The minimum absolute atomic E-state index is 0.126. The topological polar surface area (TPSA) is 54.8 Å². The number of anilines is 2. The number of esters is 1. The summed E-state index contributed by atoms with van der Waals surface area (Å²) in [6, 6.07) is 19.0. The van der Waals surface area contributed by atoms with Crippen molar-refractivity contribution in [2.75, 3.05) is 36.5 Å². The number of carbonyl (C=O) groups is 1. The van der Waals surface area contributed by atoms with E-state index in [1.165, 1.54) is 0 Å². The first-order valence-electron chi connectivity index (χ1n) is 12.6. The average Bonchev–Trinajstić information content (AvgIpc) is 2.89. The van der Waals surface area contributed by atoms with Gasteiger partial charge in [0.25, 0.3) is 5.56 Å². The summed E-state index contributed by atoms with van der Waals surface area (Å²) in [5.74, 6) is 0.390. The van der Waals surface area contributed by atoms with Gasteiger partial charge in [-0.05, 0) is 45.7 Å². The number of allylic oxidation sites excluding steroid dienone is 1. The number of hydrogen-bond donors (Lipinski definition) is 0. The average molecular weight is 486 g/mol. The molecule has 0 saturated carbocycles. The molecule has 4 rings (SSSR count). The molecule has 0 aliphatic carbocycles. The first-order valence-corrected chi connectivity index (χ1v) is 12.6. The normalized spacial score (nSPS) is 15.1. The number of hydrogen-bond acceptors (Lipinski definition) is 5. The van der Waals surface area contributed by atoms with Crippen LogP contribution < -0.4 is 15.4 Å². The minimum Gasteiger partial charge on any atom is -0.463 e. The fourth-order valence-corrected chi connectivity index (χ4v) is 5.33. The first kappa shape index (κ1) is 25.3. The fourth-order valence-electron chi connectivity index (χ4n) is 5.33. The quantitative estimate of drug-likeness (QED) is 0.411. The van der Waals surface area contributed by atoms with Gasteiger partial charge in [0.1, 0.15) is 5.82 Å². The van der Waals surface area contributed by atoms with E-state index in [0.717, 1.165) is 47.0 Å². The van der Waals surface area contributed by atoms with Crippen molar-refractivity contribution in [3.05, 3.63) is 93.4 Å². The molecule has 0 bridgehead atoms. The molecule has 1 aliphatic rings. The largest absolute Gasteiger partial charge is 0.463 e. The molecule has 1 aliphatic heterocycles. The smallest absolute Gasteiger partial charge is 0.338 e. The number of fused-ring (bicyclic) bond motifs is 1. The third kappa shape index (κ3) is 4.11. The molecule has 0 radical (unpaired) electrons. The van der Waals surface area contributed by atoms with E-state index in [-0.39, 0.29) is 12.2 Å². The third-order valence-electron chi connectivity index (χ3n) is 7.08. The zero-order chi connectivity index (χ0) is 26.0. The van der Waals surface area contributed by atoms with E-state index in [1.54, 1.807) is 11.5 Å². The zero-order valence-corrected chi connectivity index (χ0v) is 22.0. The lowest BCUT2D eigenvalue weighted by atomic mass is 9.91. The Balaban J connectivity index is 2.17. The molecule has 3 aromatic rings. The van der Waals surface area contributed by atoms with Crippen LogP contribution in [-0.4, -0.2) is 37.3 Å². The van der Waals surface area contributed by atoms with Gasteiger partial charge in [-0.15, -0.1) is 0 Å². The lowest BCUT2D eigenvalue weighted by molar-refractivity contribution is -0.139. The van der Waals surface area contributed by atoms with Crippen LogP contribution in [0.25, 0.3) is 11.1 Å². The molecule has 2 heterocycles. The summed E-state index contributed by atoms with van der Waals surface area (Å²) in [6.07, 6.45) is 0. The Hall–Kier alpha value is -3.80. The number of benzene rings is 2. The maximum absolute atomic E-state index is 14.6. The van der Waals surface area contributed by atoms with Gasteiger partial charge in [-0.1, -0.05) is 60.7 Å². The van der Waals surface area contributed by atoms with Crippen LogP contribution in [0.1, 0.15) is 44.9 Å². The van der Waals surface area contributed by atoms with Crippen LogP contribution in [-0.2, 0) is 9.53 Å². The molecule has 6 nitrogen and oxygen atoms in total. The molecule has 0 saturated heterocycles. The van der Waals surface area contributed by atoms with Gasteiger partial charge in [-0.25, -0.2) is 4.79 Å². The monoisotopic (exact) mass is 485 g/mol. The van der Waals surface area contributed by atoms with Crippen LogP contribution in [0.5, 0.6) is 0 Å². The van der Waals surface area contributed by atoms with E-state index < -0.39 is 12.0 Å². The summed E-state index contributed by atoms with van der Waals surface area (Å²) >= 11 is 0. The van der Waals surface area contributed by atoms with E-state index in [4.69, 9.17) is 4.74 Å². The highest BCUT2D eigenvalue weighted by molar-refractivity contribution is 5.94. The van der Waals surface area contributed by atoms with Crippen LogP contribution in [0.2, 0.25) is 0 Å². The molecule has 2 aromatic carbocycles. The van der Waals surface area contributed by atoms with E-state index in [9.17, 15) is 9.59 Å². The predicted octanol–water partition coefficient (Wildman–Crippen LogP) is 5.55. The van der Waals surface area contributed by atoms with Gasteiger partial charge >= 0.3 is 5.97 Å². The highest BCUT2D eigenvalue weighted by Gasteiger charge is 2.39. The van der Waals surface area contributed by atoms with Crippen molar-refractivity contribution >= 4 is 17.5 Å². The van der Waals surface area contributed by atoms with Crippen molar-refractivity contribution < 1.29 is 9.53 Å². The van der Waals surface area contributed by atoms with Crippen LogP contribution >= 0.6 is 0 Å². The summed E-state index contributed by atoms with van der Waals surface area (Å²) in [6.45, 7) is 11.8. The molecule has 6 heteroatoms. The van der Waals surface area contributed by atoms with Gasteiger partial charge in [0.05, 0.1) is 29.5 Å². The van der Waals surface area contributed by atoms with Gasteiger partial charge in [0.15, 0.2) is 0 Å². The number of carbonyl (C=O) groups excluding carboxylic acids is 1. The van der Waals surface area contributed by atoms with Crippen LogP contribution in [0, 0.1) is 6.92 Å². The number of ether oxygens (including phenoxy) is 1. The summed E-state index contributed by atoms with van der Waals surface area (Å²) in [5, 5.41) is 0. The van der Waals surface area contributed by atoms with Gasteiger partial charge < -0.3 is 14.5 Å². The molecule has 0 amide bonds. The Morgan fingerprint density at radius 1 is 0.944 bits per heavy atom. The molecule has 1 atom stereocenters. The summed E-state index contributed by atoms with van der Waals surface area (Å²) in [7, 11) is 1.92. The molecule has 0 N–H and O–H groups in total. The Kier molecular flexibility index (Phi) is 7.34. The van der Waals surface area contributed by atoms with Crippen molar-refractivity contribution in [2.24, 2.45) is 0 Å². The second-order valence-electron chi connectivity index (χ2n) is 8.98. The molecule has 0 spiro atoms. The van der Waals surface area contributed by atoms with Crippen LogP contribution in [0.15, 0.2) is 76.7 Å². The van der Waals surface area contributed by atoms with E-state index in [2.05, 4.69) is 25.7 Å². The minimum atomic E-state index is -0.601. The predicted molar refractivity (Wildman–Crippen MR) is 147 cm³/mol. The van der Waals surface area contributed by atoms with Crippen molar-refractivity contribution in [3.8, 4) is 11.1 Å². The fraction of sp³-hybridized carbons (Fsp3) is 0.333. The Morgan fingerprint density at radius 2 is 1.53 bits per heavy atom. The highest BCUT2D eigenvalue weighted by atomic mass is 16.5. The lowest BCUT2D eigenvalue weighted by Crippen LogP contribution is -2.42. The maximum Gasteiger partial charge on any atom is 0.338 e. The van der Waals surface area contributed by atoms with Gasteiger partial charge in [0, 0.05) is 31.4 Å². The molecule has 0 unspecified atom stereocenters. The third-order valence-corrected chi connectivity index (χ3v) is 7.08. The van der Waals surface area contributed by atoms with E-state index in [1.807, 2.05) is 79.5 Å². The van der Waals surface area contributed by atoms with Crippen molar-refractivity contribution in [1.29, 1.82) is 0 Å². The second kappa shape index (κ2) is 10.4. The van der Waals surface area contributed by atoms with E-state index >= 15 is 0 Å². The second-order valence-corrected chi connectivity index (χ2v) is 8.98. The van der Waals surface area contributed by atoms with Crippen molar-refractivity contribution in [3.63, 3.8) is 0 Å². The molecule has 188 valence electrons. The molecular formula is C30H35N3O3. The van der Waals surface area contributed by atoms with Gasteiger partial charge in [-0.3, -0.25) is 9.36 Å². The lowest BCUT2D eigenvalue weighted by Gasteiger charge is -2.40. The van der Waals surface area contributed by atoms with Crippen molar-refractivity contribution in [1.82, 2.24) is 4.57 Å². The molecule has 1 aromatic heterocycles. The standard InChI is InChI=1S/C30H35N3O3/c1-7-32(8-2)26-20(4)28-31(6)21(5)24(30(35)36-9-3)27(23-18-14-11-15-19-23)33(28)29(34)25(26)22-16-12-10-13-17-22/h10-19,27H,7-9H2,1-6H3/t27-/m1/s1. The summed E-state index contributed by atoms with van der Waals surface area (Å²) < 4.78 is 7.29. The first-order chi connectivity index (χ1) is 17.4. The number of aromatic nitrogens is 1. The highest BCUT2D eigenvalue weighted by Crippen LogP contribution is 2.44. The van der Waals surface area contributed by atoms with Gasteiger partial charge in [-0.2, -0.15) is 0 Å². The molecular weight excluding hydrogens is 450 g/mol. The Labute approximate surface area is 213 Å². The molecule has 0 fully saturated rings. The van der Waals surface area contributed by atoms with E-state index in [0.29, 0.717) is 11.1 Å².